The molecule has 1 aromatic carbocycles. The first kappa shape index (κ1) is 9.76. The van der Waals surface area contributed by atoms with Crippen LogP contribution >= 0.6 is 0 Å². The van der Waals surface area contributed by atoms with E-state index in [9.17, 15) is 0 Å². The molecule has 0 heteroatoms. The molecule has 1 saturated carbocycles. The van der Waals surface area contributed by atoms with Crippen LogP contribution in [0.25, 0.3) is 0 Å². The fourth-order valence-electron chi connectivity index (χ4n) is 2.54. The number of hydrogen-bond donors (Lipinski definition) is 0. The summed E-state index contributed by atoms with van der Waals surface area (Å²) >= 11 is 0. The number of aryl methyl sites for hydroxylation is 1. The van der Waals surface area contributed by atoms with E-state index in [1.54, 1.807) is 0 Å². The highest BCUT2D eigenvalue weighted by Gasteiger charge is 2.13. The molecule has 1 fully saturated rings. The zero-order valence-corrected chi connectivity index (χ0v) is 8.91. The van der Waals surface area contributed by atoms with E-state index in [4.69, 9.17) is 0 Å². The van der Waals surface area contributed by atoms with Crippen LogP contribution in [0.1, 0.15) is 44.1 Å². The maximum absolute atomic E-state index is 2.24. The molecule has 0 atom stereocenters. The first-order valence-electron chi connectivity index (χ1n) is 5.99. The SMILES string of the molecule is c1ccc(CCCC2CCCC2)cc1. The Hall–Kier alpha value is -0.780. The molecular formula is C14H20. The highest BCUT2D eigenvalue weighted by molar-refractivity contribution is 5.14. The van der Waals surface area contributed by atoms with Gasteiger partial charge < -0.3 is 0 Å². The van der Waals surface area contributed by atoms with Gasteiger partial charge in [-0.3, -0.25) is 0 Å². The van der Waals surface area contributed by atoms with Crippen molar-refractivity contribution in [3.63, 3.8) is 0 Å². The molecule has 1 aliphatic rings. The van der Waals surface area contributed by atoms with Crippen molar-refractivity contribution in [1.29, 1.82) is 0 Å². The van der Waals surface area contributed by atoms with E-state index in [0.717, 1.165) is 5.92 Å². The summed E-state index contributed by atoms with van der Waals surface area (Å²) in [4.78, 5) is 0. The van der Waals surface area contributed by atoms with Crippen LogP contribution in [0.15, 0.2) is 30.3 Å². The van der Waals surface area contributed by atoms with E-state index in [2.05, 4.69) is 30.3 Å². The molecular weight excluding hydrogens is 168 g/mol. The average Bonchev–Trinajstić information content (AvgIpc) is 2.72. The van der Waals surface area contributed by atoms with Gasteiger partial charge in [0.05, 0.1) is 0 Å². The van der Waals surface area contributed by atoms with Crippen LogP contribution in [0.5, 0.6) is 0 Å². The van der Waals surface area contributed by atoms with E-state index in [1.165, 1.54) is 50.5 Å². The Labute approximate surface area is 87.3 Å². The summed E-state index contributed by atoms with van der Waals surface area (Å²) in [7, 11) is 0. The summed E-state index contributed by atoms with van der Waals surface area (Å²) in [5.74, 6) is 1.05. The molecule has 14 heavy (non-hydrogen) atoms. The lowest BCUT2D eigenvalue weighted by molar-refractivity contribution is 0.484. The molecule has 0 unspecified atom stereocenters. The monoisotopic (exact) mass is 188 g/mol. The summed E-state index contributed by atoms with van der Waals surface area (Å²) in [5, 5.41) is 0. The average molecular weight is 188 g/mol. The van der Waals surface area contributed by atoms with Gasteiger partial charge in [0.15, 0.2) is 0 Å². The van der Waals surface area contributed by atoms with E-state index in [1.807, 2.05) is 0 Å². The summed E-state index contributed by atoms with van der Waals surface area (Å²) in [6.45, 7) is 0. The van der Waals surface area contributed by atoms with Crippen LogP contribution in [0.4, 0.5) is 0 Å². The van der Waals surface area contributed by atoms with Gasteiger partial charge in [-0.1, -0.05) is 62.4 Å². The highest BCUT2D eigenvalue weighted by atomic mass is 14.2. The molecule has 0 heterocycles. The van der Waals surface area contributed by atoms with Crippen LogP contribution in [-0.4, -0.2) is 0 Å². The minimum absolute atomic E-state index is 1.05. The number of hydrogen-bond acceptors (Lipinski definition) is 0. The Morgan fingerprint density at radius 3 is 2.43 bits per heavy atom. The predicted octanol–water partition coefficient (Wildman–Crippen LogP) is 4.20. The second-order valence-electron chi connectivity index (χ2n) is 4.53. The van der Waals surface area contributed by atoms with Crippen LogP contribution in [0.3, 0.4) is 0 Å². The molecule has 0 nitrogen and oxygen atoms in total. The lowest BCUT2D eigenvalue weighted by Gasteiger charge is -2.07. The summed E-state index contributed by atoms with van der Waals surface area (Å²) in [5.41, 5.74) is 1.51. The van der Waals surface area contributed by atoms with Crippen LogP contribution < -0.4 is 0 Å². The molecule has 0 amide bonds. The molecule has 0 aromatic heterocycles. The minimum Gasteiger partial charge on any atom is -0.0622 e. The van der Waals surface area contributed by atoms with Gasteiger partial charge in [0.2, 0.25) is 0 Å². The third kappa shape index (κ3) is 2.87. The van der Waals surface area contributed by atoms with Gasteiger partial charge in [-0.15, -0.1) is 0 Å². The van der Waals surface area contributed by atoms with E-state index in [0.29, 0.717) is 0 Å². The van der Waals surface area contributed by atoms with Gasteiger partial charge >= 0.3 is 0 Å². The minimum atomic E-state index is 1.05. The summed E-state index contributed by atoms with van der Waals surface area (Å²) in [6.07, 6.45) is 10.1. The van der Waals surface area contributed by atoms with E-state index >= 15 is 0 Å². The zero-order valence-electron chi connectivity index (χ0n) is 8.91. The fourth-order valence-corrected chi connectivity index (χ4v) is 2.54. The third-order valence-corrected chi connectivity index (χ3v) is 3.40. The Kier molecular flexibility index (Phi) is 3.62. The van der Waals surface area contributed by atoms with E-state index in [-0.39, 0.29) is 0 Å². The highest BCUT2D eigenvalue weighted by Crippen LogP contribution is 2.28. The maximum Gasteiger partial charge on any atom is -0.0279 e. The summed E-state index contributed by atoms with van der Waals surface area (Å²) < 4.78 is 0. The second-order valence-corrected chi connectivity index (χ2v) is 4.53. The fraction of sp³-hybridized carbons (Fsp3) is 0.571. The van der Waals surface area contributed by atoms with Crippen molar-refractivity contribution in [1.82, 2.24) is 0 Å². The Morgan fingerprint density at radius 1 is 1.00 bits per heavy atom. The lowest BCUT2D eigenvalue weighted by atomic mass is 9.98. The van der Waals surface area contributed by atoms with Crippen molar-refractivity contribution in [2.75, 3.05) is 0 Å². The molecule has 2 rings (SSSR count). The van der Waals surface area contributed by atoms with Gasteiger partial charge in [-0.05, 0) is 24.3 Å². The zero-order chi connectivity index (χ0) is 9.64. The van der Waals surface area contributed by atoms with Crippen molar-refractivity contribution in [2.45, 2.75) is 44.9 Å². The quantitative estimate of drug-likeness (QED) is 0.664. The molecule has 0 N–H and O–H groups in total. The molecule has 0 bridgehead atoms. The van der Waals surface area contributed by atoms with Crippen LogP contribution in [0.2, 0.25) is 0 Å². The van der Waals surface area contributed by atoms with Crippen molar-refractivity contribution in [3.05, 3.63) is 35.9 Å². The topological polar surface area (TPSA) is 0 Å². The molecule has 1 aromatic rings. The van der Waals surface area contributed by atoms with Crippen molar-refractivity contribution in [2.24, 2.45) is 5.92 Å². The standard InChI is InChI=1S/C14H20/c1-2-7-13(8-3-1)11-6-12-14-9-4-5-10-14/h1-3,7-8,14H,4-6,9-12H2. The van der Waals surface area contributed by atoms with Crippen LogP contribution in [-0.2, 0) is 6.42 Å². The van der Waals surface area contributed by atoms with Gasteiger partial charge in [0.1, 0.15) is 0 Å². The van der Waals surface area contributed by atoms with Gasteiger partial charge in [-0.25, -0.2) is 0 Å². The molecule has 76 valence electrons. The summed E-state index contributed by atoms with van der Waals surface area (Å²) in [6, 6.07) is 10.9. The van der Waals surface area contributed by atoms with Crippen LogP contribution in [0, 0.1) is 5.92 Å². The lowest BCUT2D eigenvalue weighted by Crippen LogP contribution is -1.94. The van der Waals surface area contributed by atoms with Gasteiger partial charge in [0, 0.05) is 0 Å². The molecule has 0 aliphatic heterocycles. The normalized spacial score (nSPS) is 17.4. The van der Waals surface area contributed by atoms with E-state index < -0.39 is 0 Å². The Bertz CT molecular complexity index is 244. The number of rotatable bonds is 4. The van der Waals surface area contributed by atoms with Crippen molar-refractivity contribution >= 4 is 0 Å². The van der Waals surface area contributed by atoms with Crippen molar-refractivity contribution in [3.8, 4) is 0 Å². The molecule has 0 saturated heterocycles. The Balaban J connectivity index is 1.67. The Morgan fingerprint density at radius 2 is 1.71 bits per heavy atom. The molecule has 1 aliphatic carbocycles. The predicted molar refractivity (Wildman–Crippen MR) is 61.3 cm³/mol. The largest absolute Gasteiger partial charge is 0.0622 e. The second kappa shape index (κ2) is 5.19. The first-order chi connectivity index (χ1) is 6.95. The molecule has 0 radical (unpaired) electrons. The maximum atomic E-state index is 2.24. The smallest absolute Gasteiger partial charge is 0.0279 e. The first-order valence-corrected chi connectivity index (χ1v) is 5.99. The molecule has 0 spiro atoms. The van der Waals surface area contributed by atoms with Gasteiger partial charge in [-0.2, -0.15) is 0 Å². The van der Waals surface area contributed by atoms with Gasteiger partial charge in [0.25, 0.3) is 0 Å². The number of benzene rings is 1. The van der Waals surface area contributed by atoms with Crippen molar-refractivity contribution < 1.29 is 0 Å². The third-order valence-electron chi connectivity index (χ3n) is 3.40.